The van der Waals surface area contributed by atoms with Gasteiger partial charge < -0.3 is 30.1 Å². The summed E-state index contributed by atoms with van der Waals surface area (Å²) >= 11 is 0. The van der Waals surface area contributed by atoms with Gasteiger partial charge in [-0.05, 0) is 57.0 Å². The Bertz CT molecular complexity index is 1220. The van der Waals surface area contributed by atoms with Crippen molar-refractivity contribution in [1.82, 2.24) is 4.98 Å². The number of aryl methyl sites for hydroxylation is 1. The molecule has 4 heterocycles. The van der Waals surface area contributed by atoms with Gasteiger partial charge in [0.05, 0.1) is 18.3 Å². The molecule has 5 rings (SSSR count). The summed E-state index contributed by atoms with van der Waals surface area (Å²) in [5, 5.41) is 32.0. The zero-order valence-electron chi connectivity index (χ0n) is 19.4. The Balaban J connectivity index is 1.36. The van der Waals surface area contributed by atoms with E-state index in [1.165, 1.54) is 18.2 Å². The highest BCUT2D eigenvalue weighted by molar-refractivity contribution is 6.32. The maximum Gasteiger partial charge on any atom is 0.260 e. The van der Waals surface area contributed by atoms with Crippen LogP contribution in [0.2, 0.25) is 0 Å². The normalized spacial score (nSPS) is 29.1. The number of fused-ring (bicyclic) bond motifs is 1. The van der Waals surface area contributed by atoms with Gasteiger partial charge in [0.25, 0.3) is 5.91 Å². The third kappa shape index (κ3) is 4.25. The molecule has 0 radical (unpaired) electrons. The molecule has 0 unspecified atom stereocenters. The summed E-state index contributed by atoms with van der Waals surface area (Å²) in [6.07, 6.45) is 0.966. The Morgan fingerprint density at radius 2 is 1.91 bits per heavy atom. The van der Waals surface area contributed by atoms with Crippen LogP contribution in [0.25, 0.3) is 11.1 Å². The molecule has 0 bridgehead atoms. The third-order valence-electron chi connectivity index (χ3n) is 6.72. The molecule has 1 amide bonds. The number of rotatable bonds is 5. The van der Waals surface area contributed by atoms with Crippen LogP contribution < -0.4 is 5.32 Å². The number of carbonyl (C=O) groups is 1. The predicted molar refractivity (Wildman–Crippen MR) is 125 cm³/mol. The van der Waals surface area contributed by atoms with Gasteiger partial charge in [0, 0.05) is 34.3 Å². The minimum absolute atomic E-state index is 0.297. The largest absolute Gasteiger partial charge is 0.482 e. The molecule has 1 aromatic heterocycles. The van der Waals surface area contributed by atoms with Crippen LogP contribution in [0, 0.1) is 5.82 Å². The number of aliphatic hydroxyl groups excluding tert-OH is 3. The van der Waals surface area contributed by atoms with Crippen LogP contribution in [0.5, 0.6) is 0 Å². The maximum absolute atomic E-state index is 13.8. The standard InChI is InChI=1S/C26H27FN2O6/c1-26(2)17(10-20(35-26)22-16-9-14(27)4-7-18(16)29-25(22)33)13-3-5-15(28-11-13)6-8-19-23(31)24(32)21(12-30)34-19/h3-5,7,9-11,19,21,23-24,30-32H,6,8,12H2,1-2H3,(H,29,33)/b22-20+/t19-,21-,23-,24-/m1/s1. The zero-order valence-corrected chi connectivity index (χ0v) is 19.4. The fourth-order valence-electron chi connectivity index (χ4n) is 4.84. The minimum Gasteiger partial charge on any atom is -0.482 e. The first kappa shape index (κ1) is 23.6. The molecule has 1 fully saturated rings. The van der Waals surface area contributed by atoms with Gasteiger partial charge >= 0.3 is 0 Å². The number of benzene rings is 1. The molecular weight excluding hydrogens is 455 g/mol. The summed E-state index contributed by atoms with van der Waals surface area (Å²) < 4.78 is 25.5. The molecule has 4 atom stereocenters. The van der Waals surface area contributed by atoms with Gasteiger partial charge in [-0.25, -0.2) is 4.39 Å². The third-order valence-corrected chi connectivity index (χ3v) is 6.72. The Morgan fingerprint density at radius 1 is 1.14 bits per heavy atom. The van der Waals surface area contributed by atoms with Crippen LogP contribution >= 0.6 is 0 Å². The summed E-state index contributed by atoms with van der Waals surface area (Å²) in [6, 6.07) is 7.93. The molecule has 4 N–H and O–H groups in total. The zero-order chi connectivity index (χ0) is 24.9. The lowest BCUT2D eigenvalue weighted by atomic mass is 9.93. The van der Waals surface area contributed by atoms with E-state index in [-0.39, 0.29) is 12.5 Å². The van der Waals surface area contributed by atoms with Crippen molar-refractivity contribution < 1.29 is 34.0 Å². The highest BCUT2D eigenvalue weighted by Crippen LogP contribution is 2.44. The Morgan fingerprint density at radius 3 is 2.60 bits per heavy atom. The number of pyridine rings is 1. The lowest BCUT2D eigenvalue weighted by Gasteiger charge is -2.23. The minimum atomic E-state index is -1.11. The second-order valence-electron chi connectivity index (χ2n) is 9.51. The molecule has 0 aliphatic carbocycles. The quantitative estimate of drug-likeness (QED) is 0.482. The number of aliphatic hydroxyl groups is 3. The molecule has 2 aromatic rings. The molecule has 0 spiro atoms. The maximum atomic E-state index is 13.8. The van der Waals surface area contributed by atoms with E-state index in [9.17, 15) is 24.5 Å². The molecule has 1 aromatic carbocycles. The van der Waals surface area contributed by atoms with Gasteiger partial charge in [-0.15, -0.1) is 0 Å². The molecule has 1 saturated heterocycles. The number of hydrogen-bond donors (Lipinski definition) is 4. The SMILES string of the molecule is CC1(C)O/C(=C2/C(=O)Nc3ccc(F)cc32)C=C1c1ccc(CC[C@H]2O[C@H](CO)[C@@H](O)[C@@H]2O)nc1. The van der Waals surface area contributed by atoms with E-state index in [1.54, 1.807) is 12.3 Å². The first-order valence-electron chi connectivity index (χ1n) is 11.5. The first-order valence-corrected chi connectivity index (χ1v) is 11.5. The van der Waals surface area contributed by atoms with Crippen LogP contribution in [-0.4, -0.2) is 62.8 Å². The monoisotopic (exact) mass is 482 g/mol. The number of aromatic nitrogens is 1. The van der Waals surface area contributed by atoms with E-state index in [0.717, 1.165) is 16.8 Å². The second kappa shape index (κ2) is 8.83. The number of nitrogens with zero attached hydrogens (tertiary/aromatic N) is 1. The fourth-order valence-corrected chi connectivity index (χ4v) is 4.84. The van der Waals surface area contributed by atoms with Crippen molar-refractivity contribution in [2.45, 2.75) is 56.7 Å². The van der Waals surface area contributed by atoms with Crippen LogP contribution in [0.15, 0.2) is 48.4 Å². The topological polar surface area (TPSA) is 121 Å². The molecule has 8 nitrogen and oxygen atoms in total. The van der Waals surface area contributed by atoms with E-state index in [1.807, 2.05) is 26.0 Å². The van der Waals surface area contributed by atoms with Gasteiger partial charge in [-0.1, -0.05) is 6.07 Å². The number of nitrogens with one attached hydrogen (secondary N) is 1. The summed E-state index contributed by atoms with van der Waals surface area (Å²) in [6.45, 7) is 3.43. The lowest BCUT2D eigenvalue weighted by molar-refractivity contribution is -0.111. The van der Waals surface area contributed by atoms with Gasteiger partial charge in [0.1, 0.15) is 35.5 Å². The van der Waals surface area contributed by atoms with Crippen LogP contribution in [0.4, 0.5) is 10.1 Å². The first-order chi connectivity index (χ1) is 16.7. The number of hydrogen-bond acceptors (Lipinski definition) is 7. The molecule has 3 aliphatic rings. The smallest absolute Gasteiger partial charge is 0.260 e. The predicted octanol–water partition coefficient (Wildman–Crippen LogP) is 2.19. The molecule has 0 saturated carbocycles. The van der Waals surface area contributed by atoms with Crippen molar-refractivity contribution >= 4 is 22.7 Å². The van der Waals surface area contributed by atoms with Gasteiger partial charge in [0.15, 0.2) is 0 Å². The van der Waals surface area contributed by atoms with Crippen molar-refractivity contribution in [2.75, 3.05) is 11.9 Å². The van der Waals surface area contributed by atoms with E-state index in [0.29, 0.717) is 35.4 Å². The van der Waals surface area contributed by atoms with Gasteiger partial charge in [-0.2, -0.15) is 0 Å². The Kier molecular flexibility index (Phi) is 5.96. The van der Waals surface area contributed by atoms with Crippen molar-refractivity contribution in [3.63, 3.8) is 0 Å². The van der Waals surface area contributed by atoms with Crippen LogP contribution in [-0.2, 0) is 20.7 Å². The van der Waals surface area contributed by atoms with Crippen molar-refractivity contribution in [1.29, 1.82) is 0 Å². The summed E-state index contributed by atoms with van der Waals surface area (Å²) in [7, 11) is 0. The average molecular weight is 483 g/mol. The van der Waals surface area contributed by atoms with Gasteiger partial charge in [0.2, 0.25) is 0 Å². The molecule has 9 heteroatoms. The number of carbonyl (C=O) groups excluding carboxylic acids is 1. The van der Waals surface area contributed by atoms with E-state index >= 15 is 0 Å². The number of halogens is 1. The molecular formula is C26H27FN2O6. The Labute approximate surface area is 201 Å². The summed E-state index contributed by atoms with van der Waals surface area (Å²) in [5.74, 6) is -0.399. The number of allylic oxidation sites excluding steroid dienone is 1. The van der Waals surface area contributed by atoms with Crippen molar-refractivity contribution in [3.8, 4) is 0 Å². The van der Waals surface area contributed by atoms with Crippen LogP contribution in [0.1, 0.15) is 37.1 Å². The fraction of sp³-hybridized carbons (Fsp3) is 0.385. The lowest BCUT2D eigenvalue weighted by Crippen LogP contribution is -2.33. The number of amides is 1. The van der Waals surface area contributed by atoms with E-state index < -0.39 is 35.8 Å². The van der Waals surface area contributed by atoms with E-state index in [4.69, 9.17) is 9.47 Å². The van der Waals surface area contributed by atoms with Crippen LogP contribution in [0.3, 0.4) is 0 Å². The molecule has 184 valence electrons. The highest BCUT2D eigenvalue weighted by atomic mass is 19.1. The van der Waals surface area contributed by atoms with Gasteiger partial charge in [-0.3, -0.25) is 9.78 Å². The summed E-state index contributed by atoms with van der Waals surface area (Å²) in [4.78, 5) is 17.1. The van der Waals surface area contributed by atoms with Crippen molar-refractivity contribution in [2.24, 2.45) is 0 Å². The molecule has 35 heavy (non-hydrogen) atoms. The number of anilines is 1. The van der Waals surface area contributed by atoms with Crippen molar-refractivity contribution in [3.05, 3.63) is 71.0 Å². The average Bonchev–Trinajstić information content (AvgIpc) is 3.42. The summed E-state index contributed by atoms with van der Waals surface area (Å²) in [5.41, 5.74) is 3.01. The van der Waals surface area contributed by atoms with E-state index in [2.05, 4.69) is 10.3 Å². The number of ether oxygens (including phenoxy) is 2. The highest BCUT2D eigenvalue weighted by Gasteiger charge is 2.42. The molecule has 3 aliphatic heterocycles. The second-order valence-corrected chi connectivity index (χ2v) is 9.51. The Hall–Kier alpha value is -3.11.